The van der Waals surface area contributed by atoms with Crippen LogP contribution in [0.5, 0.6) is 11.5 Å². The number of carbonyl (C=O) groups excluding carboxylic acids is 1. The summed E-state index contributed by atoms with van der Waals surface area (Å²) in [6, 6.07) is 5.80. The Hall–Kier alpha value is -1.75. The van der Waals surface area contributed by atoms with E-state index in [2.05, 4.69) is 5.32 Å². The van der Waals surface area contributed by atoms with Gasteiger partial charge in [-0.05, 0) is 24.1 Å². The van der Waals surface area contributed by atoms with Gasteiger partial charge < -0.3 is 20.5 Å². The van der Waals surface area contributed by atoms with Crippen molar-refractivity contribution >= 4 is 5.91 Å². The molecule has 1 amide bonds. The van der Waals surface area contributed by atoms with E-state index in [4.69, 9.17) is 15.2 Å². The topological polar surface area (TPSA) is 73.6 Å². The first kappa shape index (κ1) is 11.7. The van der Waals surface area contributed by atoms with Crippen molar-refractivity contribution in [3.8, 4) is 11.5 Å². The highest BCUT2D eigenvalue weighted by Crippen LogP contribution is 2.32. The van der Waals surface area contributed by atoms with Crippen molar-refractivity contribution in [2.24, 2.45) is 5.73 Å². The first-order valence-electron chi connectivity index (χ1n) is 5.65. The monoisotopic (exact) mass is 236 g/mol. The number of carbonyl (C=O) groups is 1. The molecule has 0 atom stereocenters. The zero-order chi connectivity index (χ0) is 12.1. The van der Waals surface area contributed by atoms with E-state index in [0.717, 1.165) is 23.5 Å². The van der Waals surface area contributed by atoms with Gasteiger partial charge in [-0.2, -0.15) is 0 Å². The molecule has 1 aromatic carbocycles. The number of hydrogen-bond donors (Lipinski definition) is 2. The fourth-order valence-corrected chi connectivity index (χ4v) is 1.66. The molecule has 0 radical (unpaired) electrons. The van der Waals surface area contributed by atoms with Crippen LogP contribution in [0.3, 0.4) is 0 Å². The number of nitrogens with two attached hydrogens (primary N) is 1. The molecule has 1 aliphatic heterocycles. The molecule has 1 aliphatic rings. The number of fused-ring (bicyclic) bond motifs is 1. The summed E-state index contributed by atoms with van der Waals surface area (Å²) in [5.74, 6) is 1.55. The molecule has 92 valence electrons. The summed E-state index contributed by atoms with van der Waals surface area (Å²) >= 11 is 0. The van der Waals surface area contributed by atoms with Crippen molar-refractivity contribution in [3.63, 3.8) is 0 Å². The maximum atomic E-state index is 11.2. The Morgan fingerprint density at radius 3 is 3.00 bits per heavy atom. The SMILES string of the molecule is NCCC(=O)NCCc1ccc2c(c1)OCO2. The number of hydrogen-bond acceptors (Lipinski definition) is 4. The van der Waals surface area contributed by atoms with Crippen LogP contribution in [0.15, 0.2) is 18.2 Å². The molecule has 17 heavy (non-hydrogen) atoms. The Balaban J connectivity index is 1.81. The fourth-order valence-electron chi connectivity index (χ4n) is 1.66. The van der Waals surface area contributed by atoms with E-state index in [-0.39, 0.29) is 12.7 Å². The second kappa shape index (κ2) is 5.54. The average molecular weight is 236 g/mol. The molecule has 0 saturated carbocycles. The summed E-state index contributed by atoms with van der Waals surface area (Å²) in [4.78, 5) is 11.2. The molecule has 0 bridgehead atoms. The van der Waals surface area contributed by atoms with E-state index in [0.29, 0.717) is 19.5 Å². The van der Waals surface area contributed by atoms with Crippen molar-refractivity contribution in [2.75, 3.05) is 19.9 Å². The van der Waals surface area contributed by atoms with E-state index in [9.17, 15) is 4.79 Å². The highest BCUT2D eigenvalue weighted by Gasteiger charge is 2.12. The number of nitrogens with one attached hydrogen (secondary N) is 1. The minimum Gasteiger partial charge on any atom is -0.454 e. The second-order valence-corrected chi connectivity index (χ2v) is 3.83. The largest absolute Gasteiger partial charge is 0.454 e. The normalized spacial score (nSPS) is 12.5. The molecular weight excluding hydrogens is 220 g/mol. The second-order valence-electron chi connectivity index (χ2n) is 3.83. The zero-order valence-electron chi connectivity index (χ0n) is 9.57. The molecule has 1 aromatic rings. The van der Waals surface area contributed by atoms with Gasteiger partial charge in [0.25, 0.3) is 0 Å². The Morgan fingerprint density at radius 1 is 1.35 bits per heavy atom. The van der Waals surface area contributed by atoms with Gasteiger partial charge in [0.15, 0.2) is 11.5 Å². The number of ether oxygens (including phenoxy) is 2. The summed E-state index contributed by atoms with van der Waals surface area (Å²) < 4.78 is 10.5. The van der Waals surface area contributed by atoms with Crippen molar-refractivity contribution < 1.29 is 14.3 Å². The van der Waals surface area contributed by atoms with Crippen LogP contribution in [0.25, 0.3) is 0 Å². The molecule has 0 spiro atoms. The van der Waals surface area contributed by atoms with Gasteiger partial charge in [-0.1, -0.05) is 6.07 Å². The van der Waals surface area contributed by atoms with Crippen molar-refractivity contribution in [2.45, 2.75) is 12.8 Å². The number of benzene rings is 1. The van der Waals surface area contributed by atoms with Gasteiger partial charge in [-0.15, -0.1) is 0 Å². The molecule has 5 nitrogen and oxygen atoms in total. The predicted octanol–water partition coefficient (Wildman–Crippen LogP) is 0.423. The lowest BCUT2D eigenvalue weighted by atomic mass is 10.1. The van der Waals surface area contributed by atoms with Crippen LogP contribution in [0.2, 0.25) is 0 Å². The summed E-state index contributed by atoms with van der Waals surface area (Å²) in [5, 5.41) is 2.81. The van der Waals surface area contributed by atoms with Crippen LogP contribution < -0.4 is 20.5 Å². The van der Waals surface area contributed by atoms with Crippen LogP contribution in [-0.4, -0.2) is 25.8 Å². The zero-order valence-corrected chi connectivity index (χ0v) is 9.57. The Kier molecular flexibility index (Phi) is 3.82. The summed E-state index contributed by atoms with van der Waals surface area (Å²) in [6.07, 6.45) is 1.15. The van der Waals surface area contributed by atoms with Crippen LogP contribution in [0, 0.1) is 0 Å². The minimum atomic E-state index is -0.00626. The van der Waals surface area contributed by atoms with Gasteiger partial charge >= 0.3 is 0 Å². The molecule has 0 aliphatic carbocycles. The molecule has 1 heterocycles. The molecule has 3 N–H and O–H groups in total. The lowest BCUT2D eigenvalue weighted by Crippen LogP contribution is -2.27. The van der Waals surface area contributed by atoms with Crippen molar-refractivity contribution in [1.82, 2.24) is 5.32 Å². The van der Waals surface area contributed by atoms with Crippen molar-refractivity contribution in [3.05, 3.63) is 23.8 Å². The minimum absolute atomic E-state index is 0.00626. The van der Waals surface area contributed by atoms with Crippen LogP contribution in [0.4, 0.5) is 0 Å². The van der Waals surface area contributed by atoms with Gasteiger partial charge in [-0.25, -0.2) is 0 Å². The molecule has 0 saturated heterocycles. The molecule has 2 rings (SSSR count). The standard InChI is InChI=1S/C12H16N2O3/c13-5-3-12(15)14-6-4-9-1-2-10-11(7-9)17-8-16-10/h1-2,7H,3-6,8,13H2,(H,14,15). The number of amides is 1. The Labute approximate surface area is 99.9 Å². The van der Waals surface area contributed by atoms with Crippen LogP contribution >= 0.6 is 0 Å². The van der Waals surface area contributed by atoms with Gasteiger partial charge in [-0.3, -0.25) is 4.79 Å². The summed E-state index contributed by atoms with van der Waals surface area (Å²) in [6.45, 7) is 1.28. The highest BCUT2D eigenvalue weighted by molar-refractivity contribution is 5.76. The molecule has 0 aromatic heterocycles. The molecule has 0 unspecified atom stereocenters. The molecule has 5 heteroatoms. The van der Waals surface area contributed by atoms with Crippen LogP contribution in [0.1, 0.15) is 12.0 Å². The van der Waals surface area contributed by atoms with Gasteiger partial charge in [0, 0.05) is 19.5 Å². The van der Waals surface area contributed by atoms with Crippen molar-refractivity contribution in [1.29, 1.82) is 0 Å². The first-order valence-corrected chi connectivity index (χ1v) is 5.65. The summed E-state index contributed by atoms with van der Waals surface area (Å²) in [5.41, 5.74) is 6.40. The van der Waals surface area contributed by atoms with Gasteiger partial charge in [0.2, 0.25) is 12.7 Å². The Morgan fingerprint density at radius 2 is 2.18 bits per heavy atom. The third-order valence-electron chi connectivity index (χ3n) is 2.54. The lowest BCUT2D eigenvalue weighted by Gasteiger charge is -2.05. The van der Waals surface area contributed by atoms with E-state index >= 15 is 0 Å². The molecular formula is C12H16N2O3. The van der Waals surface area contributed by atoms with E-state index in [1.807, 2.05) is 18.2 Å². The van der Waals surface area contributed by atoms with E-state index < -0.39 is 0 Å². The molecule has 0 fully saturated rings. The van der Waals surface area contributed by atoms with E-state index in [1.165, 1.54) is 0 Å². The predicted molar refractivity (Wildman–Crippen MR) is 63.0 cm³/mol. The van der Waals surface area contributed by atoms with Crippen LogP contribution in [-0.2, 0) is 11.2 Å². The van der Waals surface area contributed by atoms with Gasteiger partial charge in [0.1, 0.15) is 0 Å². The highest BCUT2D eigenvalue weighted by atomic mass is 16.7. The van der Waals surface area contributed by atoms with E-state index in [1.54, 1.807) is 0 Å². The quantitative estimate of drug-likeness (QED) is 0.777. The summed E-state index contributed by atoms with van der Waals surface area (Å²) in [7, 11) is 0. The number of rotatable bonds is 5. The first-order chi connectivity index (χ1) is 8.29. The lowest BCUT2D eigenvalue weighted by molar-refractivity contribution is -0.120. The third-order valence-corrected chi connectivity index (χ3v) is 2.54. The smallest absolute Gasteiger partial charge is 0.231 e. The van der Waals surface area contributed by atoms with Gasteiger partial charge in [0.05, 0.1) is 0 Å². The fraction of sp³-hybridized carbons (Fsp3) is 0.417. The maximum Gasteiger partial charge on any atom is 0.231 e. The third kappa shape index (κ3) is 3.10. The average Bonchev–Trinajstić information content (AvgIpc) is 2.76. The Bertz CT molecular complexity index is 407. The maximum absolute atomic E-state index is 11.2.